The van der Waals surface area contributed by atoms with Crippen LogP contribution in [0.2, 0.25) is 0 Å². The van der Waals surface area contributed by atoms with Gasteiger partial charge in [-0.25, -0.2) is 0 Å². The van der Waals surface area contributed by atoms with Gasteiger partial charge >= 0.3 is 0 Å². The summed E-state index contributed by atoms with van der Waals surface area (Å²) in [5, 5.41) is 6.34. The quantitative estimate of drug-likeness (QED) is 0.602. The maximum absolute atomic E-state index is 13.1. The maximum atomic E-state index is 13.1. The summed E-state index contributed by atoms with van der Waals surface area (Å²) in [5.74, 6) is 1.71. The number of likely N-dealkylation sites (tertiary alicyclic amines) is 1. The number of ether oxygens (including phenoxy) is 1. The van der Waals surface area contributed by atoms with Crippen molar-refractivity contribution < 1.29 is 14.1 Å². The lowest BCUT2D eigenvalue weighted by Gasteiger charge is -2.28. The fraction of sp³-hybridized carbons (Fsp3) is 0.364. The van der Waals surface area contributed by atoms with Crippen molar-refractivity contribution in [1.82, 2.24) is 10.1 Å². The number of aromatic nitrogens is 1. The van der Waals surface area contributed by atoms with Crippen molar-refractivity contribution in [3.8, 4) is 16.4 Å². The normalized spacial score (nSPS) is 17.3. The summed E-state index contributed by atoms with van der Waals surface area (Å²) >= 11 is 1.63. The molecule has 3 heterocycles. The summed E-state index contributed by atoms with van der Waals surface area (Å²) in [6, 6.07) is 13.7. The minimum Gasteiger partial charge on any atom is -0.497 e. The van der Waals surface area contributed by atoms with E-state index < -0.39 is 0 Å². The summed E-state index contributed by atoms with van der Waals surface area (Å²) in [4.78, 5) is 16.2. The number of benzene rings is 1. The van der Waals surface area contributed by atoms with Crippen molar-refractivity contribution in [3.63, 3.8) is 0 Å². The first kappa shape index (κ1) is 18.7. The molecular formula is C22H24N2O3S. The Labute approximate surface area is 168 Å². The van der Waals surface area contributed by atoms with Crippen LogP contribution in [0.15, 0.2) is 52.4 Å². The Balaban J connectivity index is 1.53. The minimum absolute atomic E-state index is 0.0225. The van der Waals surface area contributed by atoms with Gasteiger partial charge in [0.25, 0.3) is 0 Å². The molecule has 1 aliphatic heterocycles. The van der Waals surface area contributed by atoms with Crippen molar-refractivity contribution in [2.45, 2.75) is 38.1 Å². The molecular weight excluding hydrogens is 372 g/mol. The molecule has 0 saturated carbocycles. The molecule has 1 aromatic carbocycles. The number of carbonyl (C=O) groups excluding carboxylic acids is 1. The van der Waals surface area contributed by atoms with E-state index in [1.807, 2.05) is 52.7 Å². The lowest BCUT2D eigenvalue weighted by atomic mass is 10.0. The van der Waals surface area contributed by atoms with Gasteiger partial charge in [0.05, 0.1) is 24.4 Å². The molecule has 0 aliphatic carbocycles. The van der Waals surface area contributed by atoms with Gasteiger partial charge in [0, 0.05) is 12.6 Å². The third kappa shape index (κ3) is 4.12. The van der Waals surface area contributed by atoms with Crippen molar-refractivity contribution in [3.05, 3.63) is 59.1 Å². The Morgan fingerprint density at radius 2 is 2.11 bits per heavy atom. The van der Waals surface area contributed by atoms with E-state index in [0.717, 1.165) is 59.9 Å². The minimum atomic E-state index is -0.0225. The molecule has 1 fully saturated rings. The van der Waals surface area contributed by atoms with Crippen LogP contribution in [0.5, 0.6) is 5.75 Å². The number of hydrogen-bond acceptors (Lipinski definition) is 5. The number of carbonyl (C=O) groups is 1. The third-order valence-corrected chi connectivity index (χ3v) is 6.11. The van der Waals surface area contributed by atoms with Gasteiger partial charge in [-0.2, -0.15) is 0 Å². The molecule has 1 atom stereocenters. The van der Waals surface area contributed by atoms with Gasteiger partial charge in [-0.15, -0.1) is 11.3 Å². The Bertz CT molecular complexity index is 902. The molecule has 5 nitrogen and oxygen atoms in total. The molecule has 146 valence electrons. The number of amides is 1. The topological polar surface area (TPSA) is 55.6 Å². The van der Waals surface area contributed by atoms with Crippen molar-refractivity contribution in [2.75, 3.05) is 13.7 Å². The molecule has 0 bridgehead atoms. The van der Waals surface area contributed by atoms with Crippen LogP contribution in [-0.2, 0) is 11.2 Å². The smallest absolute Gasteiger partial charge is 0.227 e. The van der Waals surface area contributed by atoms with E-state index in [9.17, 15) is 4.79 Å². The van der Waals surface area contributed by atoms with Gasteiger partial charge < -0.3 is 14.2 Å². The first-order valence-electron chi connectivity index (χ1n) is 9.67. The molecule has 0 spiro atoms. The third-order valence-electron chi connectivity index (χ3n) is 5.22. The Hall–Kier alpha value is -2.60. The summed E-state index contributed by atoms with van der Waals surface area (Å²) in [5.41, 5.74) is 1.85. The summed E-state index contributed by atoms with van der Waals surface area (Å²) in [6.07, 6.45) is 4.57. The Kier molecular flexibility index (Phi) is 5.76. The number of hydrogen-bond donors (Lipinski definition) is 0. The molecule has 6 heteroatoms. The molecule has 4 rings (SSSR count). The fourth-order valence-corrected chi connectivity index (χ4v) is 4.39. The van der Waals surface area contributed by atoms with Crippen LogP contribution in [0.4, 0.5) is 0 Å². The molecule has 2 aromatic heterocycles. The van der Waals surface area contributed by atoms with E-state index in [4.69, 9.17) is 9.26 Å². The van der Waals surface area contributed by atoms with Crippen molar-refractivity contribution in [2.24, 2.45) is 0 Å². The lowest BCUT2D eigenvalue weighted by Crippen LogP contribution is -2.36. The summed E-state index contributed by atoms with van der Waals surface area (Å²) < 4.78 is 10.8. The molecule has 1 amide bonds. The zero-order chi connectivity index (χ0) is 19.3. The zero-order valence-corrected chi connectivity index (χ0v) is 16.8. The van der Waals surface area contributed by atoms with E-state index in [0.29, 0.717) is 6.42 Å². The molecule has 0 N–H and O–H groups in total. The highest BCUT2D eigenvalue weighted by atomic mass is 32.1. The lowest BCUT2D eigenvalue weighted by molar-refractivity contribution is -0.133. The molecule has 1 saturated heterocycles. The van der Waals surface area contributed by atoms with Gasteiger partial charge in [-0.05, 0) is 42.0 Å². The van der Waals surface area contributed by atoms with E-state index >= 15 is 0 Å². The molecule has 3 aromatic rings. The monoisotopic (exact) mass is 396 g/mol. The van der Waals surface area contributed by atoms with Crippen LogP contribution in [0.3, 0.4) is 0 Å². The van der Waals surface area contributed by atoms with Crippen LogP contribution in [0.25, 0.3) is 10.6 Å². The Morgan fingerprint density at radius 1 is 1.25 bits per heavy atom. The van der Waals surface area contributed by atoms with Crippen LogP contribution < -0.4 is 4.74 Å². The van der Waals surface area contributed by atoms with E-state index in [1.165, 1.54) is 0 Å². The second kappa shape index (κ2) is 8.61. The van der Waals surface area contributed by atoms with Gasteiger partial charge in [0.15, 0.2) is 5.76 Å². The first-order chi connectivity index (χ1) is 13.7. The van der Waals surface area contributed by atoms with Crippen LogP contribution in [0, 0.1) is 0 Å². The van der Waals surface area contributed by atoms with E-state index in [-0.39, 0.29) is 11.9 Å². The van der Waals surface area contributed by atoms with E-state index in [2.05, 4.69) is 5.16 Å². The van der Waals surface area contributed by atoms with Gasteiger partial charge in [-0.3, -0.25) is 4.79 Å². The molecule has 1 aliphatic rings. The molecule has 0 unspecified atom stereocenters. The largest absolute Gasteiger partial charge is 0.497 e. The highest BCUT2D eigenvalue weighted by Crippen LogP contribution is 2.33. The number of rotatable bonds is 5. The molecule has 28 heavy (non-hydrogen) atoms. The highest BCUT2D eigenvalue weighted by molar-refractivity contribution is 7.13. The molecule has 0 radical (unpaired) electrons. The fourth-order valence-electron chi connectivity index (χ4n) is 3.71. The average Bonchev–Trinajstić information content (AvgIpc) is 3.36. The number of thiophene rings is 1. The van der Waals surface area contributed by atoms with E-state index in [1.54, 1.807) is 18.4 Å². The summed E-state index contributed by atoms with van der Waals surface area (Å²) in [7, 11) is 1.64. The average molecular weight is 397 g/mol. The summed E-state index contributed by atoms with van der Waals surface area (Å²) in [6.45, 7) is 0.765. The van der Waals surface area contributed by atoms with Gasteiger partial charge in [0.1, 0.15) is 11.4 Å². The predicted molar refractivity (Wildman–Crippen MR) is 109 cm³/mol. The second-order valence-corrected chi connectivity index (χ2v) is 8.02. The van der Waals surface area contributed by atoms with Crippen LogP contribution in [0.1, 0.15) is 43.0 Å². The standard InChI is InChI=1S/C22H24N2O3S/c1-26-17-10-8-16(9-11-17)14-22(25)24-12-4-2-3-6-19(24)18-15-20(27-23-18)21-7-5-13-28-21/h5,7-11,13,15,19H,2-4,6,12,14H2,1H3/t19-/m1/s1. The van der Waals surface area contributed by atoms with Crippen molar-refractivity contribution >= 4 is 17.2 Å². The Morgan fingerprint density at radius 3 is 2.86 bits per heavy atom. The predicted octanol–water partition coefficient (Wildman–Crippen LogP) is 5.10. The highest BCUT2D eigenvalue weighted by Gasteiger charge is 2.29. The van der Waals surface area contributed by atoms with Crippen molar-refractivity contribution in [1.29, 1.82) is 0 Å². The van der Waals surface area contributed by atoms with Gasteiger partial charge in [0.2, 0.25) is 5.91 Å². The maximum Gasteiger partial charge on any atom is 0.227 e. The van der Waals surface area contributed by atoms with Crippen LogP contribution in [-0.4, -0.2) is 29.6 Å². The number of methoxy groups -OCH3 is 1. The first-order valence-corrected chi connectivity index (χ1v) is 10.6. The SMILES string of the molecule is COc1ccc(CC(=O)N2CCCCC[C@@H]2c2cc(-c3cccs3)on2)cc1. The van der Waals surface area contributed by atoms with Gasteiger partial charge in [-0.1, -0.05) is 36.2 Å². The second-order valence-electron chi connectivity index (χ2n) is 7.07. The zero-order valence-electron chi connectivity index (χ0n) is 16.0. The van der Waals surface area contributed by atoms with Crippen LogP contribution >= 0.6 is 11.3 Å². The number of nitrogens with zero attached hydrogens (tertiary/aromatic N) is 2.